The predicted octanol–water partition coefficient (Wildman–Crippen LogP) is 2.03. The van der Waals surface area contributed by atoms with Crippen molar-refractivity contribution in [1.29, 1.82) is 0 Å². The fourth-order valence-electron chi connectivity index (χ4n) is 9.16. The van der Waals surface area contributed by atoms with E-state index in [-0.39, 0.29) is 23.7 Å². The number of carbonyl (C=O) groups excluding carboxylic acids is 3. The predicted molar refractivity (Wildman–Crippen MR) is 244 cm³/mol. The molecular weight excluding hydrogens is 925 g/mol. The number of aliphatic hydroxyl groups excluding tert-OH is 7. The fraction of sp³-hybridized carbons (Fsp3) is 0.857. The molecule has 0 aromatic heterocycles. The zero-order chi connectivity index (χ0) is 51.4. The summed E-state index contributed by atoms with van der Waals surface area (Å²) >= 11 is 0. The van der Waals surface area contributed by atoms with E-state index in [0.29, 0.717) is 19.3 Å². The number of fused-ring (bicyclic) bond motifs is 3. The summed E-state index contributed by atoms with van der Waals surface area (Å²) in [5.74, 6) is -2.38. The van der Waals surface area contributed by atoms with Crippen molar-refractivity contribution in [3.05, 3.63) is 23.3 Å². The van der Waals surface area contributed by atoms with Crippen LogP contribution in [0.1, 0.15) is 132 Å². The van der Waals surface area contributed by atoms with E-state index >= 15 is 0 Å². The van der Waals surface area contributed by atoms with Gasteiger partial charge in [-0.25, -0.2) is 9.59 Å². The van der Waals surface area contributed by atoms with Gasteiger partial charge >= 0.3 is 17.9 Å². The number of rotatable bonds is 12. The van der Waals surface area contributed by atoms with Crippen LogP contribution in [0, 0.1) is 0 Å². The molecule has 0 unspecified atom stereocenters. The van der Waals surface area contributed by atoms with Gasteiger partial charge in [-0.15, -0.1) is 0 Å². The summed E-state index contributed by atoms with van der Waals surface area (Å²) in [5, 5.41) is 79.6. The van der Waals surface area contributed by atoms with E-state index in [9.17, 15) is 50.1 Å². The third kappa shape index (κ3) is 14.7. The van der Waals surface area contributed by atoms with Crippen LogP contribution in [0.25, 0.3) is 0 Å². The van der Waals surface area contributed by atoms with Crippen LogP contribution in [-0.4, -0.2) is 189 Å². The lowest BCUT2D eigenvalue weighted by atomic mass is 9.95. The van der Waals surface area contributed by atoms with Crippen molar-refractivity contribution in [2.45, 2.75) is 261 Å². The van der Waals surface area contributed by atoms with Gasteiger partial charge in [-0.2, -0.15) is 0 Å². The number of ether oxygens (including phenoxy) is 11. The molecule has 7 N–H and O–H groups in total. The standard InChI is InChI=1S/C49H80O21/c1-9-12-20-29-21-18-16-14-13-15-17-19-22-31(51)65-40-33(53)30(23-50)64-49(69-41-34(54)32(52)26(6)60-47(41)63-29)43(40)70-48-42(67-45(59)25(5)11-3)37(57)39(28(8)62-48)68-46-36(56)35(55)38(27(7)61-46)66-44(58)24(4)10-2/h10-11,26-30,32-43,46-50,52-57H,9,12-23H2,1-8H3/b24-10+,25-11+/t26-,27-,28+,29+,30-,32-,33-,34+,35-,36-,37-,38+,39+,40+,41-,42-,43-,46+,47+,48+,49+/m1/s1. The molecule has 0 saturated carbocycles. The van der Waals surface area contributed by atoms with Gasteiger partial charge in [0.1, 0.15) is 54.9 Å². The van der Waals surface area contributed by atoms with Crippen LogP contribution in [0.2, 0.25) is 0 Å². The Morgan fingerprint density at radius 2 is 1.19 bits per heavy atom. The Balaban J connectivity index is 1.51. The first-order chi connectivity index (χ1) is 33.3. The molecule has 0 radical (unpaired) electrons. The summed E-state index contributed by atoms with van der Waals surface area (Å²) in [6.07, 6.45) is -19.4. The molecule has 5 heterocycles. The Bertz CT molecular complexity index is 1710. The average molecular weight is 1010 g/mol. The molecule has 0 amide bonds. The summed E-state index contributed by atoms with van der Waals surface area (Å²) in [6, 6.07) is 0. The van der Waals surface area contributed by atoms with Crippen molar-refractivity contribution in [3.63, 3.8) is 0 Å². The molecule has 0 aromatic rings. The highest BCUT2D eigenvalue weighted by Crippen LogP contribution is 2.38. The van der Waals surface area contributed by atoms with Gasteiger partial charge in [0.2, 0.25) is 0 Å². The lowest BCUT2D eigenvalue weighted by Gasteiger charge is -2.50. The summed E-state index contributed by atoms with van der Waals surface area (Å²) in [6.45, 7) is 12.0. The lowest BCUT2D eigenvalue weighted by Crippen LogP contribution is -2.68. The van der Waals surface area contributed by atoms with E-state index < -0.39 is 147 Å². The van der Waals surface area contributed by atoms with Crippen molar-refractivity contribution in [2.75, 3.05) is 6.61 Å². The number of carbonyl (C=O) groups is 3. The summed E-state index contributed by atoms with van der Waals surface area (Å²) in [7, 11) is 0. The monoisotopic (exact) mass is 1000 g/mol. The first-order valence-electron chi connectivity index (χ1n) is 25.2. The molecule has 5 saturated heterocycles. The Morgan fingerprint density at radius 1 is 0.600 bits per heavy atom. The van der Waals surface area contributed by atoms with Gasteiger partial charge in [0.25, 0.3) is 0 Å². The van der Waals surface area contributed by atoms with Crippen molar-refractivity contribution < 1.29 is 102 Å². The molecule has 5 aliphatic heterocycles. The second kappa shape index (κ2) is 27.5. The maximum absolute atomic E-state index is 13.6. The molecule has 21 atom stereocenters. The Labute approximate surface area is 410 Å². The second-order valence-corrected chi connectivity index (χ2v) is 19.2. The summed E-state index contributed by atoms with van der Waals surface area (Å²) in [5.41, 5.74) is 0.376. The molecule has 0 aliphatic carbocycles. The first kappa shape index (κ1) is 58.2. The minimum absolute atomic E-state index is 0.0427. The molecule has 21 heteroatoms. The fourth-order valence-corrected chi connectivity index (χ4v) is 9.16. The van der Waals surface area contributed by atoms with Crippen LogP contribution >= 0.6 is 0 Å². The van der Waals surface area contributed by atoms with Gasteiger partial charge in [0.15, 0.2) is 49.6 Å². The zero-order valence-corrected chi connectivity index (χ0v) is 41.8. The maximum Gasteiger partial charge on any atom is 0.333 e. The molecule has 2 bridgehead atoms. The summed E-state index contributed by atoms with van der Waals surface area (Å²) in [4.78, 5) is 39.7. The van der Waals surface area contributed by atoms with Crippen LogP contribution in [0.4, 0.5) is 0 Å². The number of allylic oxidation sites excluding steroid dienone is 2. The molecule has 0 aromatic carbocycles. The van der Waals surface area contributed by atoms with Gasteiger partial charge in [-0.1, -0.05) is 70.4 Å². The largest absolute Gasteiger partial charge is 0.456 e. The molecular formula is C49H80O21. The second-order valence-electron chi connectivity index (χ2n) is 19.2. The van der Waals surface area contributed by atoms with Crippen molar-refractivity contribution >= 4 is 17.9 Å². The van der Waals surface area contributed by atoms with E-state index in [1.807, 2.05) is 0 Å². The Kier molecular flexibility index (Phi) is 22.9. The van der Waals surface area contributed by atoms with Crippen molar-refractivity contribution in [3.8, 4) is 0 Å². The minimum Gasteiger partial charge on any atom is -0.456 e. The molecule has 5 aliphatic rings. The smallest absolute Gasteiger partial charge is 0.333 e. The van der Waals surface area contributed by atoms with E-state index in [1.165, 1.54) is 39.8 Å². The van der Waals surface area contributed by atoms with Crippen LogP contribution < -0.4 is 0 Å². The number of unbranched alkanes of at least 4 members (excludes halogenated alkanes) is 1. The minimum atomic E-state index is -1.86. The number of hydrogen-bond acceptors (Lipinski definition) is 21. The van der Waals surface area contributed by atoms with Crippen molar-refractivity contribution in [2.24, 2.45) is 0 Å². The van der Waals surface area contributed by atoms with E-state index in [4.69, 9.17) is 52.1 Å². The average Bonchev–Trinajstić information content (AvgIpc) is 3.33. The third-order valence-corrected chi connectivity index (χ3v) is 13.9. The van der Waals surface area contributed by atoms with Gasteiger partial charge in [0, 0.05) is 17.6 Å². The van der Waals surface area contributed by atoms with Crippen LogP contribution in [0.3, 0.4) is 0 Å². The molecule has 21 nitrogen and oxygen atoms in total. The molecule has 70 heavy (non-hydrogen) atoms. The normalized spacial score (nSPS) is 42.3. The molecule has 5 fully saturated rings. The number of esters is 3. The molecule has 5 rings (SSSR count). The van der Waals surface area contributed by atoms with E-state index in [2.05, 4.69) is 6.92 Å². The van der Waals surface area contributed by atoms with Gasteiger partial charge in [-0.05, 0) is 67.7 Å². The first-order valence-corrected chi connectivity index (χ1v) is 25.2. The van der Waals surface area contributed by atoms with E-state index in [1.54, 1.807) is 20.8 Å². The van der Waals surface area contributed by atoms with Gasteiger partial charge < -0.3 is 87.9 Å². The Hall–Kier alpha value is -2.71. The SMILES string of the molecule is C/C=C(\C)C(=O)O[C@@H]1[C@H](O)[C@@H](O)[C@H](O[C@@H]2[C@@H](O)[C@@H](OC(=O)/C(C)=C/C)[C@H](O[C@H]3[C@@H]4O[C@H]5[C@H](O[C@@H](CCCC)CCCCCCCCCC(=O)O[C@H]3[C@H](O)[C@@H](CO)O4)O[C@H](C)[C@@H](O)[C@@H]5O)O[C@H]2C)O[C@@H]1C. The highest BCUT2D eigenvalue weighted by molar-refractivity contribution is 5.88. The van der Waals surface area contributed by atoms with Gasteiger partial charge in [-0.3, -0.25) is 4.79 Å². The topological polar surface area (TPSA) is 294 Å². The molecule has 402 valence electrons. The quantitative estimate of drug-likeness (QED) is 0.0836. The lowest BCUT2D eigenvalue weighted by molar-refractivity contribution is -0.399. The zero-order valence-electron chi connectivity index (χ0n) is 41.8. The number of aliphatic hydroxyl groups is 7. The van der Waals surface area contributed by atoms with Crippen molar-refractivity contribution in [1.82, 2.24) is 0 Å². The third-order valence-electron chi connectivity index (χ3n) is 13.9. The molecule has 0 spiro atoms. The Morgan fingerprint density at radius 3 is 1.81 bits per heavy atom. The highest BCUT2D eigenvalue weighted by Gasteiger charge is 2.57. The van der Waals surface area contributed by atoms with Gasteiger partial charge in [0.05, 0.1) is 31.0 Å². The van der Waals surface area contributed by atoms with Crippen LogP contribution in [0.5, 0.6) is 0 Å². The number of hydrogen-bond donors (Lipinski definition) is 7. The highest BCUT2D eigenvalue weighted by atomic mass is 16.8. The maximum atomic E-state index is 13.6. The van der Waals surface area contributed by atoms with Crippen LogP contribution in [-0.2, 0) is 66.5 Å². The van der Waals surface area contributed by atoms with Crippen LogP contribution in [0.15, 0.2) is 23.3 Å². The van der Waals surface area contributed by atoms with E-state index in [0.717, 1.165) is 51.4 Å². The summed E-state index contributed by atoms with van der Waals surface area (Å²) < 4.78 is 67.5.